The minimum atomic E-state index is -4.37. The minimum absolute atomic E-state index is 0.0887. The number of halogens is 3. The van der Waals surface area contributed by atoms with Gasteiger partial charge in [-0.15, -0.1) is 0 Å². The Labute approximate surface area is 97.0 Å². The number of hydrogen-bond acceptors (Lipinski definition) is 3. The summed E-state index contributed by atoms with van der Waals surface area (Å²) in [6.45, 7) is 1.19. The Morgan fingerprint density at radius 3 is 2.47 bits per heavy atom. The quantitative estimate of drug-likeness (QED) is 0.812. The van der Waals surface area contributed by atoms with E-state index in [4.69, 9.17) is 10.5 Å². The molecule has 0 amide bonds. The Morgan fingerprint density at radius 1 is 1.29 bits per heavy atom. The van der Waals surface area contributed by atoms with Crippen LogP contribution in [-0.4, -0.2) is 26.3 Å². The molecule has 94 valence electrons. The van der Waals surface area contributed by atoms with Crippen molar-refractivity contribution in [2.45, 2.75) is 12.3 Å². The number of nitrogen functional groups attached to an aromatic ring is 1. The Balaban J connectivity index is 2.22. The highest BCUT2D eigenvalue weighted by Gasteiger charge is 2.33. The molecule has 1 aliphatic rings. The smallest absolute Gasteiger partial charge is 0.399 e. The molecule has 0 saturated carbocycles. The summed E-state index contributed by atoms with van der Waals surface area (Å²) in [4.78, 5) is 1.81. The summed E-state index contributed by atoms with van der Waals surface area (Å²) < 4.78 is 42.8. The molecule has 1 fully saturated rings. The van der Waals surface area contributed by atoms with Crippen molar-refractivity contribution in [1.29, 1.82) is 0 Å². The van der Waals surface area contributed by atoms with Crippen LogP contribution in [0.1, 0.15) is 5.56 Å². The van der Waals surface area contributed by atoms with Gasteiger partial charge in [-0.25, -0.2) is 0 Å². The number of nitrogens with two attached hydrogens (primary N) is 1. The van der Waals surface area contributed by atoms with Crippen LogP contribution in [0.5, 0.6) is 0 Å². The van der Waals surface area contributed by atoms with E-state index in [1.54, 1.807) is 18.1 Å². The van der Waals surface area contributed by atoms with E-state index in [0.717, 1.165) is 12.1 Å². The van der Waals surface area contributed by atoms with Crippen LogP contribution in [0, 0.1) is 0 Å². The average Bonchev–Trinajstić information content (AvgIpc) is 2.13. The maximum Gasteiger partial charge on any atom is 0.416 e. The van der Waals surface area contributed by atoms with E-state index in [2.05, 4.69) is 0 Å². The van der Waals surface area contributed by atoms with Gasteiger partial charge in [-0.3, -0.25) is 0 Å². The molecule has 0 atom stereocenters. The standard InChI is InChI=1S/C11H13F3N2O/c1-17-10-5-16(6-10)9-3-7(11(12,13)14)2-8(15)4-9/h2-4,10H,5-6,15H2,1H3. The second kappa shape index (κ2) is 4.10. The molecule has 1 aromatic rings. The number of methoxy groups -OCH3 is 1. The molecule has 0 radical (unpaired) electrons. The van der Waals surface area contributed by atoms with Gasteiger partial charge in [-0.05, 0) is 18.2 Å². The maximum atomic E-state index is 12.6. The first kappa shape index (κ1) is 12.0. The predicted octanol–water partition coefficient (Wildman–Crippen LogP) is 2.12. The molecule has 0 unspecified atom stereocenters. The fraction of sp³-hybridized carbons (Fsp3) is 0.455. The number of ether oxygens (including phenoxy) is 1. The molecule has 1 heterocycles. The van der Waals surface area contributed by atoms with Gasteiger partial charge in [0.1, 0.15) is 0 Å². The minimum Gasteiger partial charge on any atom is -0.399 e. The third-order valence-corrected chi connectivity index (χ3v) is 2.81. The fourth-order valence-corrected chi connectivity index (χ4v) is 1.78. The Hall–Kier alpha value is -1.43. The predicted molar refractivity (Wildman–Crippen MR) is 58.9 cm³/mol. The Bertz CT molecular complexity index is 414. The highest BCUT2D eigenvalue weighted by atomic mass is 19.4. The van der Waals surface area contributed by atoms with Gasteiger partial charge in [-0.1, -0.05) is 0 Å². The number of benzene rings is 1. The fourth-order valence-electron chi connectivity index (χ4n) is 1.78. The lowest BCUT2D eigenvalue weighted by molar-refractivity contribution is -0.137. The summed E-state index contributed by atoms with van der Waals surface area (Å²) >= 11 is 0. The first-order chi connectivity index (χ1) is 7.90. The van der Waals surface area contributed by atoms with Crippen molar-refractivity contribution in [3.63, 3.8) is 0 Å². The van der Waals surface area contributed by atoms with Gasteiger partial charge in [0, 0.05) is 31.6 Å². The van der Waals surface area contributed by atoms with Crippen LogP contribution in [0.25, 0.3) is 0 Å². The molecule has 17 heavy (non-hydrogen) atoms. The number of anilines is 2. The van der Waals surface area contributed by atoms with Crippen molar-refractivity contribution >= 4 is 11.4 Å². The van der Waals surface area contributed by atoms with Crippen LogP contribution in [0.2, 0.25) is 0 Å². The molecule has 1 aromatic carbocycles. The summed E-state index contributed by atoms with van der Waals surface area (Å²) in [5.41, 5.74) is 5.38. The molecule has 2 rings (SSSR count). The lowest BCUT2D eigenvalue weighted by Crippen LogP contribution is -2.51. The van der Waals surface area contributed by atoms with Crippen molar-refractivity contribution in [2.75, 3.05) is 30.8 Å². The topological polar surface area (TPSA) is 38.5 Å². The van der Waals surface area contributed by atoms with Crippen LogP contribution in [-0.2, 0) is 10.9 Å². The van der Waals surface area contributed by atoms with Crippen LogP contribution in [0.3, 0.4) is 0 Å². The van der Waals surface area contributed by atoms with Crippen LogP contribution >= 0.6 is 0 Å². The third-order valence-electron chi connectivity index (χ3n) is 2.81. The zero-order valence-corrected chi connectivity index (χ0v) is 9.29. The molecule has 0 spiro atoms. The largest absolute Gasteiger partial charge is 0.416 e. The average molecular weight is 246 g/mol. The van der Waals surface area contributed by atoms with Crippen molar-refractivity contribution in [2.24, 2.45) is 0 Å². The highest BCUT2D eigenvalue weighted by molar-refractivity contribution is 5.60. The molecule has 1 aliphatic heterocycles. The normalized spacial score (nSPS) is 17.1. The molecule has 0 aromatic heterocycles. The third kappa shape index (κ3) is 2.46. The number of rotatable bonds is 2. The first-order valence-corrected chi connectivity index (χ1v) is 5.15. The van der Waals surface area contributed by atoms with Gasteiger partial charge in [-0.2, -0.15) is 13.2 Å². The second-order valence-corrected chi connectivity index (χ2v) is 4.07. The Kier molecular flexibility index (Phi) is 2.91. The van der Waals surface area contributed by atoms with Crippen molar-refractivity contribution in [3.05, 3.63) is 23.8 Å². The van der Waals surface area contributed by atoms with Gasteiger partial charge < -0.3 is 15.4 Å². The van der Waals surface area contributed by atoms with E-state index in [-0.39, 0.29) is 11.8 Å². The molecule has 2 N–H and O–H groups in total. The number of nitrogens with zero attached hydrogens (tertiary/aromatic N) is 1. The van der Waals surface area contributed by atoms with E-state index in [1.807, 2.05) is 0 Å². The van der Waals surface area contributed by atoms with Gasteiger partial charge in [0.05, 0.1) is 11.7 Å². The van der Waals surface area contributed by atoms with E-state index < -0.39 is 11.7 Å². The summed E-state index contributed by atoms with van der Waals surface area (Å²) in [5.74, 6) is 0. The number of alkyl halides is 3. The van der Waals surface area contributed by atoms with E-state index in [9.17, 15) is 13.2 Å². The molecule has 3 nitrogen and oxygen atoms in total. The van der Waals surface area contributed by atoms with E-state index in [1.165, 1.54) is 0 Å². The lowest BCUT2D eigenvalue weighted by atomic mass is 10.1. The summed E-state index contributed by atoms with van der Waals surface area (Å²) in [5, 5.41) is 0. The summed E-state index contributed by atoms with van der Waals surface area (Å²) in [6.07, 6.45) is -4.28. The SMILES string of the molecule is COC1CN(c2cc(N)cc(C(F)(F)F)c2)C1. The van der Waals surface area contributed by atoms with Crippen molar-refractivity contribution < 1.29 is 17.9 Å². The molecule has 6 heteroatoms. The molecule has 1 saturated heterocycles. The zero-order valence-electron chi connectivity index (χ0n) is 9.29. The monoisotopic (exact) mass is 246 g/mol. The summed E-state index contributed by atoms with van der Waals surface area (Å²) in [6, 6.07) is 3.60. The molecular weight excluding hydrogens is 233 g/mol. The first-order valence-electron chi connectivity index (χ1n) is 5.15. The number of hydrogen-bond donors (Lipinski definition) is 1. The maximum absolute atomic E-state index is 12.6. The lowest BCUT2D eigenvalue weighted by Gasteiger charge is -2.40. The molecular formula is C11H13F3N2O. The van der Waals surface area contributed by atoms with Crippen LogP contribution in [0.4, 0.5) is 24.5 Å². The van der Waals surface area contributed by atoms with Gasteiger partial charge >= 0.3 is 6.18 Å². The van der Waals surface area contributed by atoms with Gasteiger partial charge in [0.15, 0.2) is 0 Å². The van der Waals surface area contributed by atoms with Crippen molar-refractivity contribution in [3.8, 4) is 0 Å². The Morgan fingerprint density at radius 2 is 1.94 bits per heavy atom. The van der Waals surface area contributed by atoms with E-state index in [0.29, 0.717) is 18.8 Å². The van der Waals surface area contributed by atoms with E-state index >= 15 is 0 Å². The highest BCUT2D eigenvalue weighted by Crippen LogP contribution is 2.34. The molecule has 0 aliphatic carbocycles. The van der Waals surface area contributed by atoms with Crippen LogP contribution < -0.4 is 10.6 Å². The second-order valence-electron chi connectivity index (χ2n) is 4.07. The van der Waals surface area contributed by atoms with Crippen LogP contribution in [0.15, 0.2) is 18.2 Å². The molecule has 0 bridgehead atoms. The van der Waals surface area contributed by atoms with Crippen molar-refractivity contribution in [1.82, 2.24) is 0 Å². The summed E-state index contributed by atoms with van der Waals surface area (Å²) in [7, 11) is 1.59. The van der Waals surface area contributed by atoms with Gasteiger partial charge in [0.25, 0.3) is 0 Å². The zero-order chi connectivity index (χ0) is 12.6. The van der Waals surface area contributed by atoms with Gasteiger partial charge in [0.2, 0.25) is 0 Å².